The van der Waals surface area contributed by atoms with Crippen LogP contribution in [0.25, 0.3) is 0 Å². The molecule has 2 heterocycles. The van der Waals surface area contributed by atoms with Gasteiger partial charge in [-0.2, -0.15) is 0 Å². The van der Waals surface area contributed by atoms with Crippen LogP contribution in [0.4, 0.5) is 18.8 Å². The van der Waals surface area contributed by atoms with Crippen LogP contribution in [0.5, 0.6) is 11.5 Å². The monoisotopic (exact) mass is 637 g/mol. The standard InChI is InChI=1S/C34H40FN3O8/c1-33(2,3)45-31(40)38-21-28(43-32(41)46-34(4,5)6)29(44-30(39)37-19-23-9-7-10-24(35)17-23)27(38)18-22-12-14-25(15-13-22)42-26-11-8-16-36-20-26/h7-17,20,27-29H,18-19,21H2,1-6H3,(H,37,39)/t27-,28+,29+/m1/s1. The fourth-order valence-electron chi connectivity index (χ4n) is 4.74. The number of hydrogen-bond acceptors (Lipinski definition) is 9. The number of carbonyl (C=O) groups is 3. The van der Waals surface area contributed by atoms with Gasteiger partial charge in [0, 0.05) is 12.7 Å². The number of halogens is 1. The molecule has 3 atom stereocenters. The van der Waals surface area contributed by atoms with E-state index in [1.54, 1.807) is 84.3 Å². The minimum absolute atomic E-state index is 0.0141. The van der Waals surface area contributed by atoms with Crippen LogP contribution in [0, 0.1) is 5.82 Å². The lowest BCUT2D eigenvalue weighted by molar-refractivity contribution is -0.0518. The van der Waals surface area contributed by atoms with Crippen LogP contribution in [-0.2, 0) is 31.9 Å². The van der Waals surface area contributed by atoms with Gasteiger partial charge in [-0.25, -0.2) is 18.8 Å². The second-order valence-electron chi connectivity index (χ2n) is 12.8. The fraction of sp³-hybridized carbons (Fsp3) is 0.412. The van der Waals surface area contributed by atoms with Crippen molar-refractivity contribution >= 4 is 18.3 Å². The van der Waals surface area contributed by atoms with Crippen molar-refractivity contribution in [3.63, 3.8) is 0 Å². The predicted octanol–water partition coefficient (Wildman–Crippen LogP) is 6.79. The van der Waals surface area contributed by atoms with Gasteiger partial charge in [0.1, 0.15) is 28.5 Å². The number of benzene rings is 2. The Hall–Kier alpha value is -4.87. The van der Waals surface area contributed by atoms with Crippen LogP contribution in [-0.4, -0.2) is 64.2 Å². The number of rotatable bonds is 8. The summed E-state index contributed by atoms with van der Waals surface area (Å²) in [5.41, 5.74) is -0.372. The Labute approximate surface area is 267 Å². The zero-order chi connectivity index (χ0) is 33.5. The normalized spacial score (nSPS) is 18.0. The molecule has 0 bridgehead atoms. The Kier molecular flexibility index (Phi) is 10.7. The van der Waals surface area contributed by atoms with Crippen molar-refractivity contribution in [2.24, 2.45) is 0 Å². The van der Waals surface area contributed by atoms with Gasteiger partial charge in [0.25, 0.3) is 0 Å². The zero-order valence-corrected chi connectivity index (χ0v) is 26.8. The van der Waals surface area contributed by atoms with Crippen LogP contribution >= 0.6 is 0 Å². The summed E-state index contributed by atoms with van der Waals surface area (Å²) >= 11 is 0. The Bertz CT molecular complexity index is 1490. The minimum Gasteiger partial charge on any atom is -0.456 e. The van der Waals surface area contributed by atoms with Crippen molar-refractivity contribution in [3.8, 4) is 11.5 Å². The highest BCUT2D eigenvalue weighted by molar-refractivity contribution is 5.71. The van der Waals surface area contributed by atoms with E-state index in [0.717, 1.165) is 5.56 Å². The van der Waals surface area contributed by atoms with Crippen molar-refractivity contribution in [1.82, 2.24) is 15.2 Å². The van der Waals surface area contributed by atoms with E-state index in [0.29, 0.717) is 17.1 Å². The summed E-state index contributed by atoms with van der Waals surface area (Å²) in [5.74, 6) is 0.698. The van der Waals surface area contributed by atoms with E-state index in [9.17, 15) is 18.8 Å². The Balaban J connectivity index is 1.59. The van der Waals surface area contributed by atoms with Crippen molar-refractivity contribution in [3.05, 3.63) is 90.0 Å². The maximum Gasteiger partial charge on any atom is 0.509 e. The minimum atomic E-state index is -1.11. The molecule has 1 saturated heterocycles. The molecule has 11 nitrogen and oxygen atoms in total. The second kappa shape index (κ2) is 14.5. The van der Waals surface area contributed by atoms with E-state index >= 15 is 0 Å². The van der Waals surface area contributed by atoms with Gasteiger partial charge in [-0.15, -0.1) is 0 Å². The highest BCUT2D eigenvalue weighted by Gasteiger charge is 2.50. The molecule has 1 aromatic heterocycles. The topological polar surface area (TPSA) is 126 Å². The SMILES string of the molecule is CC(C)(C)OC(=O)O[C@H]1CN(C(=O)OC(C)(C)C)[C@H](Cc2ccc(Oc3cccnc3)cc2)[C@@H]1OC(=O)NCc1cccc(F)c1. The number of aromatic nitrogens is 1. The maximum atomic E-state index is 13.7. The molecule has 0 aliphatic carbocycles. The molecule has 0 radical (unpaired) electrons. The van der Waals surface area contributed by atoms with Gasteiger partial charge in [0.05, 0.1) is 18.8 Å². The first-order valence-corrected chi connectivity index (χ1v) is 14.9. The zero-order valence-electron chi connectivity index (χ0n) is 26.8. The fourth-order valence-corrected chi connectivity index (χ4v) is 4.74. The van der Waals surface area contributed by atoms with Gasteiger partial charge in [-0.3, -0.25) is 9.88 Å². The van der Waals surface area contributed by atoms with Crippen molar-refractivity contribution < 1.29 is 42.5 Å². The summed E-state index contributed by atoms with van der Waals surface area (Å²) in [6.45, 7) is 10.1. The molecule has 0 saturated carbocycles. The molecule has 0 unspecified atom stereocenters. The number of pyridine rings is 1. The largest absolute Gasteiger partial charge is 0.509 e. The van der Waals surface area contributed by atoms with Crippen molar-refractivity contribution in [1.29, 1.82) is 0 Å². The van der Waals surface area contributed by atoms with Gasteiger partial charge in [0.15, 0.2) is 12.2 Å². The molecule has 46 heavy (non-hydrogen) atoms. The molecule has 4 rings (SSSR count). The number of nitrogens with zero attached hydrogens (tertiary/aromatic N) is 2. The van der Waals surface area contributed by atoms with Crippen LogP contribution in [0.3, 0.4) is 0 Å². The molecule has 1 aliphatic heterocycles. The first-order valence-electron chi connectivity index (χ1n) is 14.9. The molecule has 246 valence electrons. The summed E-state index contributed by atoms with van der Waals surface area (Å²) in [5, 5.41) is 2.61. The molecular formula is C34H40FN3O8. The van der Waals surface area contributed by atoms with E-state index in [4.69, 9.17) is 23.7 Å². The van der Waals surface area contributed by atoms with E-state index in [1.807, 2.05) is 12.1 Å². The lowest BCUT2D eigenvalue weighted by Gasteiger charge is -2.30. The van der Waals surface area contributed by atoms with Gasteiger partial charge >= 0.3 is 18.3 Å². The lowest BCUT2D eigenvalue weighted by Crippen LogP contribution is -2.46. The van der Waals surface area contributed by atoms with E-state index in [1.165, 1.54) is 23.1 Å². The number of carbonyl (C=O) groups excluding carboxylic acids is 3. The summed E-state index contributed by atoms with van der Waals surface area (Å²) in [4.78, 5) is 44.8. The highest BCUT2D eigenvalue weighted by atomic mass is 19.1. The van der Waals surface area contributed by atoms with Crippen LogP contribution in [0.15, 0.2) is 73.1 Å². The van der Waals surface area contributed by atoms with Crippen LogP contribution in [0.2, 0.25) is 0 Å². The highest BCUT2D eigenvalue weighted by Crippen LogP contribution is 2.31. The molecular weight excluding hydrogens is 597 g/mol. The number of amides is 2. The molecule has 1 N–H and O–H groups in total. The predicted molar refractivity (Wildman–Crippen MR) is 166 cm³/mol. The molecule has 3 aromatic rings. The number of ether oxygens (including phenoxy) is 5. The first-order chi connectivity index (χ1) is 21.6. The number of hydrogen-bond donors (Lipinski definition) is 1. The van der Waals surface area contributed by atoms with Gasteiger partial charge < -0.3 is 29.0 Å². The second-order valence-corrected chi connectivity index (χ2v) is 12.8. The van der Waals surface area contributed by atoms with Gasteiger partial charge in [-0.05, 0) is 95.5 Å². The Morgan fingerprint density at radius 2 is 1.61 bits per heavy atom. The number of nitrogens with one attached hydrogen (secondary N) is 1. The summed E-state index contributed by atoms with van der Waals surface area (Å²) in [6.07, 6.45) is -1.23. The van der Waals surface area contributed by atoms with Crippen LogP contribution < -0.4 is 10.1 Å². The van der Waals surface area contributed by atoms with E-state index in [-0.39, 0.29) is 19.5 Å². The van der Waals surface area contributed by atoms with Gasteiger partial charge in [0.2, 0.25) is 0 Å². The molecule has 1 fully saturated rings. The third-order valence-corrected chi connectivity index (χ3v) is 6.60. The number of alkyl carbamates (subject to hydrolysis) is 1. The number of likely N-dealkylation sites (tertiary alicyclic amines) is 1. The first kappa shape index (κ1) is 34.0. The van der Waals surface area contributed by atoms with E-state index in [2.05, 4.69) is 10.3 Å². The van der Waals surface area contributed by atoms with E-state index < -0.39 is 53.6 Å². The quantitative estimate of drug-likeness (QED) is 0.210. The Morgan fingerprint density at radius 3 is 2.24 bits per heavy atom. The third kappa shape index (κ3) is 10.4. The summed E-state index contributed by atoms with van der Waals surface area (Å²) in [6, 6.07) is 15.7. The summed E-state index contributed by atoms with van der Waals surface area (Å²) in [7, 11) is 0. The maximum absolute atomic E-state index is 13.7. The smallest absolute Gasteiger partial charge is 0.456 e. The lowest BCUT2D eigenvalue weighted by atomic mass is 10.0. The van der Waals surface area contributed by atoms with Crippen molar-refractivity contribution in [2.75, 3.05) is 6.54 Å². The van der Waals surface area contributed by atoms with Gasteiger partial charge in [-0.1, -0.05) is 24.3 Å². The summed E-state index contributed by atoms with van der Waals surface area (Å²) < 4.78 is 42.0. The molecule has 2 amide bonds. The average Bonchev–Trinajstić information content (AvgIpc) is 3.27. The Morgan fingerprint density at radius 1 is 0.891 bits per heavy atom. The molecule has 1 aliphatic rings. The van der Waals surface area contributed by atoms with Crippen molar-refractivity contribution in [2.45, 2.75) is 84.0 Å². The molecule has 2 aromatic carbocycles. The molecule has 0 spiro atoms. The third-order valence-electron chi connectivity index (χ3n) is 6.60. The average molecular weight is 638 g/mol. The molecule has 12 heteroatoms. The van der Waals surface area contributed by atoms with Crippen LogP contribution in [0.1, 0.15) is 52.7 Å².